The molecule has 0 aliphatic carbocycles. The number of hydrogen-bond acceptors (Lipinski definition) is 4. The van der Waals surface area contributed by atoms with Crippen LogP contribution in [0.15, 0.2) is 36.5 Å². The van der Waals surface area contributed by atoms with Crippen LogP contribution in [0.5, 0.6) is 0 Å². The molecule has 8 nitrogen and oxygen atoms in total. The molecule has 1 amide bonds. The van der Waals surface area contributed by atoms with Gasteiger partial charge >= 0.3 is 10.2 Å². The van der Waals surface area contributed by atoms with Crippen LogP contribution in [0.4, 0.5) is 0 Å². The van der Waals surface area contributed by atoms with Gasteiger partial charge in [-0.3, -0.25) is 9.48 Å². The van der Waals surface area contributed by atoms with E-state index in [9.17, 15) is 13.2 Å². The highest BCUT2D eigenvalue weighted by Crippen LogP contribution is 2.27. The molecule has 0 saturated heterocycles. The molecule has 0 atom stereocenters. The largest absolute Gasteiger partial charge is 0.301 e. The van der Waals surface area contributed by atoms with Crippen molar-refractivity contribution in [2.24, 2.45) is 7.05 Å². The molecule has 1 aromatic carbocycles. The Labute approximate surface area is 168 Å². The summed E-state index contributed by atoms with van der Waals surface area (Å²) in [6.45, 7) is 3.63. The van der Waals surface area contributed by atoms with E-state index in [1.54, 1.807) is 30.8 Å². The first-order chi connectivity index (χ1) is 13.2. The fourth-order valence-electron chi connectivity index (χ4n) is 2.99. The molecule has 2 N–H and O–H groups in total. The summed E-state index contributed by atoms with van der Waals surface area (Å²) in [6, 6.07) is 7.51. The van der Waals surface area contributed by atoms with Crippen LogP contribution in [0.1, 0.15) is 18.2 Å². The molecular weight excluding hydrogens is 402 g/mol. The second kappa shape index (κ2) is 7.78. The number of halogens is 1. The van der Waals surface area contributed by atoms with Gasteiger partial charge in [0.15, 0.2) is 0 Å². The summed E-state index contributed by atoms with van der Waals surface area (Å²) in [4.78, 5) is 12.0. The summed E-state index contributed by atoms with van der Waals surface area (Å²) < 4.78 is 31.1. The van der Waals surface area contributed by atoms with E-state index in [-0.39, 0.29) is 6.54 Å². The lowest BCUT2D eigenvalue weighted by atomic mass is 10.2. The number of carbonyl (C=O) groups is 1. The van der Waals surface area contributed by atoms with Gasteiger partial charge in [-0.15, -0.1) is 0 Å². The van der Waals surface area contributed by atoms with E-state index in [0.717, 1.165) is 16.7 Å². The van der Waals surface area contributed by atoms with Crippen LogP contribution in [0.2, 0.25) is 5.02 Å². The van der Waals surface area contributed by atoms with Crippen molar-refractivity contribution in [3.8, 4) is 5.82 Å². The quantitative estimate of drug-likeness (QED) is 0.597. The number of hydrogen-bond donors (Lipinski definition) is 2. The number of aromatic nitrogens is 3. The molecule has 10 heteroatoms. The average Bonchev–Trinajstić information content (AvgIpc) is 3.11. The van der Waals surface area contributed by atoms with Crippen LogP contribution in [0, 0.1) is 6.92 Å². The maximum atomic E-state index is 12.0. The third kappa shape index (κ3) is 4.11. The van der Waals surface area contributed by atoms with Gasteiger partial charge in [0.1, 0.15) is 5.82 Å². The van der Waals surface area contributed by atoms with Crippen molar-refractivity contribution in [1.29, 1.82) is 0 Å². The number of aryl methyl sites for hydroxylation is 2. The van der Waals surface area contributed by atoms with E-state index < -0.39 is 16.1 Å². The van der Waals surface area contributed by atoms with Crippen molar-refractivity contribution in [1.82, 2.24) is 23.8 Å². The molecule has 0 radical (unpaired) electrons. The summed E-state index contributed by atoms with van der Waals surface area (Å²) in [5.41, 5.74) is 2.33. The number of amides is 1. The number of fused-ring (bicyclic) bond motifs is 1. The van der Waals surface area contributed by atoms with Gasteiger partial charge in [-0.05, 0) is 37.3 Å². The topological polar surface area (TPSA) is 98.0 Å². The molecule has 0 unspecified atom stereocenters. The first-order valence-electron chi connectivity index (χ1n) is 8.52. The highest BCUT2D eigenvalue weighted by Gasteiger charge is 2.16. The van der Waals surface area contributed by atoms with Gasteiger partial charge in [0.25, 0.3) is 5.91 Å². The minimum atomic E-state index is -3.87. The SMILES string of the molecule is CCNS(=O)(=O)NC(=O)/C=C/c1c(C)nn(C)c1-n1ccc2cc(Cl)ccc21. The van der Waals surface area contributed by atoms with Gasteiger partial charge in [-0.25, -0.2) is 4.72 Å². The average molecular weight is 422 g/mol. The number of rotatable bonds is 6. The third-order valence-corrected chi connectivity index (χ3v) is 5.46. The Morgan fingerprint density at radius 1 is 1.32 bits per heavy atom. The lowest BCUT2D eigenvalue weighted by Crippen LogP contribution is -2.39. The second-order valence-corrected chi connectivity index (χ2v) is 8.07. The van der Waals surface area contributed by atoms with E-state index in [1.165, 1.54) is 6.08 Å². The molecule has 148 valence electrons. The maximum absolute atomic E-state index is 12.0. The zero-order valence-electron chi connectivity index (χ0n) is 15.6. The molecule has 0 aliphatic heterocycles. The molecule has 0 fully saturated rings. The molecule has 3 aromatic rings. The van der Waals surface area contributed by atoms with Crippen molar-refractivity contribution in [2.45, 2.75) is 13.8 Å². The van der Waals surface area contributed by atoms with Gasteiger partial charge in [0.05, 0.1) is 11.2 Å². The fourth-order valence-corrected chi connectivity index (χ4v) is 3.96. The summed E-state index contributed by atoms with van der Waals surface area (Å²) in [7, 11) is -2.06. The Hall–Kier alpha value is -2.62. The summed E-state index contributed by atoms with van der Waals surface area (Å²) in [5.74, 6) is -0.00675. The number of carbonyl (C=O) groups excluding carboxylic acids is 1. The van der Waals surface area contributed by atoms with Crippen LogP contribution in [-0.2, 0) is 22.1 Å². The standard InChI is InChI=1S/C18H20ClN5O3S/c1-4-20-28(26,27)22-17(25)8-6-15-12(2)21-23(3)18(15)24-10-9-13-11-14(19)5-7-16(13)24/h5-11,20H,4H2,1-3H3,(H,22,25)/b8-6+. The summed E-state index contributed by atoms with van der Waals surface area (Å²) in [6.07, 6.45) is 4.62. The van der Waals surface area contributed by atoms with E-state index in [1.807, 2.05) is 40.6 Å². The number of benzene rings is 1. The normalized spacial score (nSPS) is 12.1. The highest BCUT2D eigenvalue weighted by molar-refractivity contribution is 7.88. The fraction of sp³-hybridized carbons (Fsp3) is 0.222. The smallest absolute Gasteiger partial charge is 0.301 e. The summed E-state index contributed by atoms with van der Waals surface area (Å²) >= 11 is 6.06. The predicted molar refractivity (Wildman–Crippen MR) is 110 cm³/mol. The van der Waals surface area contributed by atoms with E-state index in [4.69, 9.17) is 11.6 Å². The first-order valence-corrected chi connectivity index (χ1v) is 10.4. The Balaban J connectivity index is 1.98. The Morgan fingerprint density at radius 2 is 2.07 bits per heavy atom. The van der Waals surface area contributed by atoms with Gasteiger partial charge in [0, 0.05) is 41.8 Å². The minimum absolute atomic E-state index is 0.183. The molecule has 28 heavy (non-hydrogen) atoms. The van der Waals surface area contributed by atoms with Crippen LogP contribution in [0.25, 0.3) is 22.8 Å². The van der Waals surface area contributed by atoms with Gasteiger partial charge in [0.2, 0.25) is 0 Å². The monoisotopic (exact) mass is 421 g/mol. The molecule has 0 saturated carbocycles. The van der Waals surface area contributed by atoms with Crippen LogP contribution < -0.4 is 9.44 Å². The van der Waals surface area contributed by atoms with Gasteiger partial charge < -0.3 is 4.57 Å². The van der Waals surface area contributed by atoms with Crippen molar-refractivity contribution >= 4 is 44.7 Å². The molecule has 2 heterocycles. The predicted octanol–water partition coefficient (Wildman–Crippen LogP) is 2.31. The van der Waals surface area contributed by atoms with E-state index >= 15 is 0 Å². The minimum Gasteiger partial charge on any atom is -0.301 e. The Kier molecular flexibility index (Phi) is 5.59. The lowest BCUT2D eigenvalue weighted by molar-refractivity contribution is -0.114. The number of nitrogens with one attached hydrogen (secondary N) is 2. The molecule has 2 aromatic heterocycles. The maximum Gasteiger partial charge on any atom is 0.301 e. The zero-order chi connectivity index (χ0) is 20.5. The van der Waals surface area contributed by atoms with Crippen molar-refractivity contribution < 1.29 is 13.2 Å². The van der Waals surface area contributed by atoms with Gasteiger partial charge in [-0.1, -0.05) is 18.5 Å². The van der Waals surface area contributed by atoms with E-state index in [2.05, 4.69) is 9.82 Å². The Bertz CT molecular complexity index is 1180. The van der Waals surface area contributed by atoms with Crippen molar-refractivity contribution in [2.75, 3.05) is 6.54 Å². The van der Waals surface area contributed by atoms with Crippen molar-refractivity contribution in [3.05, 3.63) is 52.8 Å². The zero-order valence-corrected chi connectivity index (χ0v) is 17.2. The van der Waals surface area contributed by atoms with E-state index in [0.29, 0.717) is 16.3 Å². The third-order valence-electron chi connectivity index (χ3n) is 4.09. The van der Waals surface area contributed by atoms with Gasteiger partial charge in [-0.2, -0.15) is 18.2 Å². The molecular formula is C18H20ClN5O3S. The van der Waals surface area contributed by atoms with Crippen LogP contribution >= 0.6 is 11.6 Å². The molecule has 0 spiro atoms. The molecule has 3 rings (SSSR count). The Morgan fingerprint density at radius 3 is 2.79 bits per heavy atom. The highest BCUT2D eigenvalue weighted by atomic mass is 35.5. The first kappa shape index (κ1) is 20.1. The molecule has 0 aliphatic rings. The molecule has 0 bridgehead atoms. The lowest BCUT2D eigenvalue weighted by Gasteiger charge is -2.08. The number of nitrogens with zero attached hydrogens (tertiary/aromatic N) is 3. The van der Waals surface area contributed by atoms with Crippen molar-refractivity contribution in [3.63, 3.8) is 0 Å². The van der Waals surface area contributed by atoms with Crippen LogP contribution in [0.3, 0.4) is 0 Å². The summed E-state index contributed by atoms with van der Waals surface area (Å²) in [5, 5.41) is 6.04. The second-order valence-electron chi connectivity index (χ2n) is 6.14. The van der Waals surface area contributed by atoms with Crippen LogP contribution in [-0.4, -0.2) is 35.2 Å².